The smallest absolute Gasteiger partial charge is 0.224 e. The van der Waals surface area contributed by atoms with E-state index in [0.717, 1.165) is 0 Å². The molecule has 0 aliphatic carbocycles. The molecule has 0 saturated heterocycles. The van der Waals surface area contributed by atoms with Crippen LogP contribution in [0.2, 0.25) is 0 Å². The fourth-order valence-corrected chi connectivity index (χ4v) is 1.05. The Kier molecular flexibility index (Phi) is 3.17. The molecule has 1 N–H and O–H groups in total. The topological polar surface area (TPSA) is 54.9 Å². The zero-order valence-electron chi connectivity index (χ0n) is 8.74. The van der Waals surface area contributed by atoms with Crippen LogP contribution >= 0.6 is 0 Å². The van der Waals surface area contributed by atoms with E-state index >= 15 is 0 Å². The average molecular weight is 193 g/mol. The van der Waals surface area contributed by atoms with Crippen molar-refractivity contribution in [1.29, 1.82) is 0 Å². The summed E-state index contributed by atoms with van der Waals surface area (Å²) >= 11 is 0. The van der Waals surface area contributed by atoms with Gasteiger partial charge in [0.25, 0.3) is 0 Å². The number of carbonyl (C=O) groups is 1. The first-order valence-corrected chi connectivity index (χ1v) is 4.54. The Balaban J connectivity index is 2.50. The third kappa shape index (κ3) is 3.98. The number of anilines is 1. The van der Waals surface area contributed by atoms with Gasteiger partial charge in [0, 0.05) is 6.42 Å². The van der Waals surface area contributed by atoms with Gasteiger partial charge in [0.15, 0.2) is 0 Å². The summed E-state index contributed by atoms with van der Waals surface area (Å²) in [5.41, 5.74) is 0.694. The highest BCUT2D eigenvalue weighted by Crippen LogP contribution is 2.19. The Bertz CT molecular complexity index is 303. The largest absolute Gasteiger partial charge is 0.325 e. The number of hydrogen-bond acceptors (Lipinski definition) is 3. The van der Waals surface area contributed by atoms with E-state index in [1.807, 2.05) is 20.8 Å². The van der Waals surface area contributed by atoms with Crippen molar-refractivity contribution in [3.63, 3.8) is 0 Å². The van der Waals surface area contributed by atoms with Crippen molar-refractivity contribution in [3.05, 3.63) is 18.5 Å². The van der Waals surface area contributed by atoms with Crippen LogP contribution in [0.3, 0.4) is 0 Å². The molecule has 0 spiro atoms. The molecule has 0 unspecified atom stereocenters. The SMILES string of the molecule is CC(C)(C)CC(=O)Nc1ccnnc1. The molecular formula is C10H15N3O. The van der Waals surface area contributed by atoms with Crippen molar-refractivity contribution in [1.82, 2.24) is 10.2 Å². The van der Waals surface area contributed by atoms with Gasteiger partial charge >= 0.3 is 0 Å². The normalized spacial score (nSPS) is 11.1. The molecule has 4 nitrogen and oxygen atoms in total. The van der Waals surface area contributed by atoms with Crippen LogP contribution in [-0.2, 0) is 4.79 Å². The average Bonchev–Trinajstić information content (AvgIpc) is 2.02. The van der Waals surface area contributed by atoms with E-state index in [1.54, 1.807) is 12.3 Å². The van der Waals surface area contributed by atoms with E-state index in [-0.39, 0.29) is 11.3 Å². The number of aromatic nitrogens is 2. The lowest BCUT2D eigenvalue weighted by atomic mass is 9.92. The second-order valence-electron chi connectivity index (χ2n) is 4.42. The van der Waals surface area contributed by atoms with Crippen LogP contribution in [0, 0.1) is 5.41 Å². The molecule has 0 aromatic carbocycles. The fraction of sp³-hybridized carbons (Fsp3) is 0.500. The van der Waals surface area contributed by atoms with Crippen molar-refractivity contribution in [2.75, 3.05) is 5.32 Å². The summed E-state index contributed by atoms with van der Waals surface area (Å²) in [5.74, 6) is 0.00509. The van der Waals surface area contributed by atoms with Crippen LogP contribution < -0.4 is 5.32 Å². The van der Waals surface area contributed by atoms with Gasteiger partial charge in [-0.3, -0.25) is 4.79 Å². The van der Waals surface area contributed by atoms with Crippen LogP contribution in [0.5, 0.6) is 0 Å². The Morgan fingerprint density at radius 3 is 2.64 bits per heavy atom. The monoisotopic (exact) mass is 193 g/mol. The molecule has 1 rings (SSSR count). The first-order chi connectivity index (χ1) is 6.47. The van der Waals surface area contributed by atoms with E-state index in [1.165, 1.54) is 6.20 Å². The molecule has 0 bridgehead atoms. The van der Waals surface area contributed by atoms with Gasteiger partial charge in [0.2, 0.25) is 5.91 Å². The summed E-state index contributed by atoms with van der Waals surface area (Å²) in [4.78, 5) is 11.5. The van der Waals surface area contributed by atoms with Crippen LogP contribution in [0.15, 0.2) is 18.5 Å². The summed E-state index contributed by atoms with van der Waals surface area (Å²) < 4.78 is 0. The number of carbonyl (C=O) groups excluding carboxylic acids is 1. The minimum Gasteiger partial charge on any atom is -0.325 e. The van der Waals surface area contributed by atoms with Gasteiger partial charge in [-0.15, -0.1) is 0 Å². The molecule has 0 aliphatic heterocycles. The van der Waals surface area contributed by atoms with Crippen LogP contribution in [0.4, 0.5) is 5.69 Å². The first kappa shape index (κ1) is 10.6. The second kappa shape index (κ2) is 4.17. The van der Waals surface area contributed by atoms with Gasteiger partial charge in [0.05, 0.1) is 18.1 Å². The number of nitrogens with zero attached hydrogens (tertiary/aromatic N) is 2. The molecular weight excluding hydrogens is 178 g/mol. The second-order valence-corrected chi connectivity index (χ2v) is 4.42. The summed E-state index contributed by atoms with van der Waals surface area (Å²) in [7, 11) is 0. The van der Waals surface area contributed by atoms with Crippen molar-refractivity contribution >= 4 is 11.6 Å². The fourth-order valence-electron chi connectivity index (χ4n) is 1.05. The maximum absolute atomic E-state index is 11.5. The standard InChI is InChI=1S/C10H15N3O/c1-10(2,3)6-9(14)13-8-4-5-11-12-7-8/h4-5,7H,6H2,1-3H3,(H,11,13,14). The van der Waals surface area contributed by atoms with Crippen molar-refractivity contribution in [2.24, 2.45) is 5.41 Å². The zero-order chi connectivity index (χ0) is 10.6. The highest BCUT2D eigenvalue weighted by atomic mass is 16.1. The van der Waals surface area contributed by atoms with Gasteiger partial charge in [-0.05, 0) is 11.5 Å². The molecule has 1 heterocycles. The molecule has 0 saturated carbocycles. The van der Waals surface area contributed by atoms with E-state index in [0.29, 0.717) is 12.1 Å². The molecule has 1 amide bonds. The molecule has 0 fully saturated rings. The summed E-state index contributed by atoms with van der Waals surface area (Å²) in [5, 5.41) is 10.1. The Morgan fingerprint density at radius 2 is 2.14 bits per heavy atom. The van der Waals surface area contributed by atoms with Crippen LogP contribution in [0.25, 0.3) is 0 Å². The Hall–Kier alpha value is -1.45. The number of hydrogen-bond donors (Lipinski definition) is 1. The Morgan fingerprint density at radius 1 is 1.43 bits per heavy atom. The van der Waals surface area contributed by atoms with Crippen molar-refractivity contribution in [3.8, 4) is 0 Å². The third-order valence-corrected chi connectivity index (χ3v) is 1.56. The predicted molar refractivity (Wildman–Crippen MR) is 54.7 cm³/mol. The van der Waals surface area contributed by atoms with Gasteiger partial charge in [-0.25, -0.2) is 0 Å². The first-order valence-electron chi connectivity index (χ1n) is 4.54. The van der Waals surface area contributed by atoms with Crippen LogP contribution in [0.1, 0.15) is 27.2 Å². The summed E-state index contributed by atoms with van der Waals surface area (Å²) in [6, 6.07) is 1.72. The van der Waals surface area contributed by atoms with Crippen molar-refractivity contribution < 1.29 is 4.79 Å². The van der Waals surface area contributed by atoms with Gasteiger partial charge in [0.1, 0.15) is 0 Å². The number of nitrogens with one attached hydrogen (secondary N) is 1. The highest BCUT2D eigenvalue weighted by Gasteiger charge is 2.15. The molecule has 4 heteroatoms. The summed E-state index contributed by atoms with van der Waals surface area (Å²) in [6.07, 6.45) is 3.57. The lowest BCUT2D eigenvalue weighted by Gasteiger charge is -2.16. The zero-order valence-corrected chi connectivity index (χ0v) is 8.74. The van der Waals surface area contributed by atoms with E-state index in [2.05, 4.69) is 15.5 Å². The molecule has 1 aromatic heterocycles. The molecule has 14 heavy (non-hydrogen) atoms. The number of rotatable bonds is 2. The summed E-state index contributed by atoms with van der Waals surface area (Å²) in [6.45, 7) is 6.08. The predicted octanol–water partition coefficient (Wildman–Crippen LogP) is 1.85. The quantitative estimate of drug-likeness (QED) is 0.779. The van der Waals surface area contributed by atoms with Gasteiger partial charge in [-0.1, -0.05) is 20.8 Å². The molecule has 1 aromatic rings. The minimum atomic E-state index is 0.00451. The van der Waals surface area contributed by atoms with E-state index < -0.39 is 0 Å². The minimum absolute atomic E-state index is 0.00451. The highest BCUT2D eigenvalue weighted by molar-refractivity contribution is 5.90. The molecule has 76 valence electrons. The number of amides is 1. The molecule has 0 radical (unpaired) electrons. The molecule has 0 aliphatic rings. The third-order valence-electron chi connectivity index (χ3n) is 1.56. The van der Waals surface area contributed by atoms with Crippen molar-refractivity contribution in [2.45, 2.75) is 27.2 Å². The van der Waals surface area contributed by atoms with Gasteiger partial charge < -0.3 is 5.32 Å². The molecule has 0 atom stereocenters. The van der Waals surface area contributed by atoms with E-state index in [4.69, 9.17) is 0 Å². The van der Waals surface area contributed by atoms with Gasteiger partial charge in [-0.2, -0.15) is 10.2 Å². The maximum atomic E-state index is 11.5. The maximum Gasteiger partial charge on any atom is 0.224 e. The Labute approximate surface area is 83.7 Å². The lowest BCUT2D eigenvalue weighted by molar-refractivity contribution is -0.117. The van der Waals surface area contributed by atoms with E-state index in [9.17, 15) is 4.79 Å². The lowest BCUT2D eigenvalue weighted by Crippen LogP contribution is -2.19. The van der Waals surface area contributed by atoms with Crippen LogP contribution in [-0.4, -0.2) is 16.1 Å².